The number of aromatic nitrogens is 1. The highest BCUT2D eigenvalue weighted by molar-refractivity contribution is 7.91. The summed E-state index contributed by atoms with van der Waals surface area (Å²) in [4.78, 5) is 60.0. The molecule has 1 saturated heterocycles. The summed E-state index contributed by atoms with van der Waals surface area (Å²) in [7, 11) is -3.90. The molecule has 3 aliphatic heterocycles. The van der Waals surface area contributed by atoms with Gasteiger partial charge in [-0.05, 0) is 68.6 Å². The van der Waals surface area contributed by atoms with E-state index in [-0.39, 0.29) is 31.2 Å². The number of allylic oxidation sites excluding steroid dienone is 1. The van der Waals surface area contributed by atoms with Gasteiger partial charge in [0.25, 0.3) is 5.91 Å². The van der Waals surface area contributed by atoms with E-state index in [1.54, 1.807) is 24.4 Å². The number of pyridine rings is 1. The molecule has 4 amide bonds. The van der Waals surface area contributed by atoms with Gasteiger partial charge in [0.1, 0.15) is 36.9 Å². The first kappa shape index (κ1) is 34.8. The molecule has 0 radical (unpaired) electrons. The molecule has 1 aromatic carbocycles. The molecular weight excluding hydrogens is 682 g/mol. The molecule has 16 heteroatoms. The quantitative estimate of drug-likeness (QED) is 0.319. The van der Waals surface area contributed by atoms with Crippen LogP contribution in [0.5, 0.6) is 17.4 Å². The van der Waals surface area contributed by atoms with Crippen LogP contribution in [0.25, 0.3) is 10.8 Å². The van der Waals surface area contributed by atoms with E-state index in [0.29, 0.717) is 55.8 Å². The molecule has 4 N–H and O–H groups in total. The number of hydrogen-bond acceptors (Lipinski definition) is 10. The zero-order chi connectivity index (χ0) is 36.1. The predicted octanol–water partition coefficient (Wildman–Crippen LogP) is 2.49. The largest absolute Gasteiger partial charge is 0.486 e. The van der Waals surface area contributed by atoms with Crippen molar-refractivity contribution in [1.82, 2.24) is 25.2 Å². The number of benzene rings is 1. The van der Waals surface area contributed by atoms with Crippen LogP contribution in [0.3, 0.4) is 0 Å². The molecule has 2 aromatic rings. The molecule has 51 heavy (non-hydrogen) atoms. The van der Waals surface area contributed by atoms with Crippen LogP contribution in [-0.2, 0) is 24.4 Å². The Labute approximate surface area is 295 Å². The lowest BCUT2D eigenvalue weighted by Gasteiger charge is -2.32. The number of sulfonamides is 1. The number of nitrogens with one attached hydrogen (secondary N) is 3. The Kier molecular flexibility index (Phi) is 9.23. The monoisotopic (exact) mass is 725 g/mol. The fourth-order valence-corrected chi connectivity index (χ4v) is 8.98. The van der Waals surface area contributed by atoms with Crippen molar-refractivity contribution >= 4 is 44.6 Å². The molecule has 0 bridgehead atoms. The molecule has 2 aliphatic carbocycles. The van der Waals surface area contributed by atoms with Gasteiger partial charge in [0.05, 0.1) is 11.8 Å². The predicted molar refractivity (Wildman–Crippen MR) is 183 cm³/mol. The Hall–Kier alpha value is -4.60. The summed E-state index contributed by atoms with van der Waals surface area (Å²) < 4.78 is 45.8. The van der Waals surface area contributed by atoms with Crippen molar-refractivity contribution in [2.24, 2.45) is 17.8 Å². The van der Waals surface area contributed by atoms with Crippen LogP contribution in [0.2, 0.25) is 0 Å². The number of carbonyl (C=O) groups is 4. The van der Waals surface area contributed by atoms with Gasteiger partial charge < -0.3 is 34.9 Å². The normalized spacial score (nSPS) is 31.0. The van der Waals surface area contributed by atoms with Gasteiger partial charge in [-0.1, -0.05) is 26.0 Å². The Morgan fingerprint density at radius 2 is 1.86 bits per heavy atom. The molecule has 7 atom stereocenters. The number of rotatable bonds is 6. The number of nitrogens with zero attached hydrogens (tertiary/aromatic N) is 2. The van der Waals surface area contributed by atoms with Gasteiger partial charge in [0, 0.05) is 29.3 Å². The van der Waals surface area contributed by atoms with E-state index in [0.717, 1.165) is 11.8 Å². The summed E-state index contributed by atoms with van der Waals surface area (Å²) in [6.07, 6.45) is 6.27. The minimum absolute atomic E-state index is 0.00332. The molecule has 15 nitrogen and oxygen atoms in total. The third kappa shape index (κ3) is 7.02. The Morgan fingerprint density at radius 3 is 2.63 bits per heavy atom. The molecule has 1 aromatic heterocycles. The summed E-state index contributed by atoms with van der Waals surface area (Å²) in [5.41, 5.74) is -1.53. The Bertz CT molecular complexity index is 1880. The van der Waals surface area contributed by atoms with Crippen LogP contribution in [0, 0.1) is 17.8 Å². The summed E-state index contributed by atoms with van der Waals surface area (Å²) in [5.74, 6) is -1.40. The maximum atomic E-state index is 14.4. The van der Waals surface area contributed by atoms with E-state index >= 15 is 0 Å². The topological polar surface area (TPSA) is 203 Å². The maximum absolute atomic E-state index is 14.4. The second-order valence-corrected chi connectivity index (χ2v) is 16.4. The lowest BCUT2D eigenvalue weighted by molar-refractivity contribution is -0.142. The van der Waals surface area contributed by atoms with Crippen molar-refractivity contribution in [2.45, 2.75) is 87.8 Å². The SMILES string of the molecule is C[C@@H]1CCC=C[C@@H]2C[C@@]2(C(=O)NS(=O)(=O)C2CC2)NC(=O)[C@@H]2C[C@@H](Oc3nccc4c5c(ccc34)OCCO5)CN2C(=O)[C@@H](NC(=O)O)[C@H](C)C1. The molecule has 4 heterocycles. The maximum Gasteiger partial charge on any atom is 0.405 e. The average molecular weight is 726 g/mol. The van der Waals surface area contributed by atoms with Crippen LogP contribution in [0.15, 0.2) is 36.5 Å². The van der Waals surface area contributed by atoms with Crippen molar-refractivity contribution in [3.63, 3.8) is 0 Å². The van der Waals surface area contributed by atoms with Crippen molar-refractivity contribution in [1.29, 1.82) is 0 Å². The van der Waals surface area contributed by atoms with E-state index in [9.17, 15) is 32.7 Å². The lowest BCUT2D eigenvalue weighted by atomic mass is 9.88. The second-order valence-electron chi connectivity index (χ2n) is 14.5. The zero-order valence-corrected chi connectivity index (χ0v) is 29.3. The van der Waals surface area contributed by atoms with Crippen LogP contribution in [0.1, 0.15) is 58.8 Å². The minimum atomic E-state index is -3.90. The van der Waals surface area contributed by atoms with E-state index in [2.05, 4.69) is 20.3 Å². The average Bonchev–Trinajstić information content (AvgIpc) is 4.02. The first-order valence-corrected chi connectivity index (χ1v) is 19.1. The molecule has 5 aliphatic rings. The van der Waals surface area contributed by atoms with Crippen LogP contribution in [-0.4, -0.2) is 96.0 Å². The molecule has 0 spiro atoms. The first-order chi connectivity index (χ1) is 24.4. The van der Waals surface area contributed by atoms with Gasteiger partial charge in [0.2, 0.25) is 27.7 Å². The number of fused-ring (bicyclic) bond motifs is 5. The molecule has 0 unspecified atom stereocenters. The molecule has 2 saturated carbocycles. The van der Waals surface area contributed by atoms with Gasteiger partial charge in [-0.3, -0.25) is 19.1 Å². The second kappa shape index (κ2) is 13.5. The zero-order valence-electron chi connectivity index (χ0n) is 28.5. The summed E-state index contributed by atoms with van der Waals surface area (Å²) in [6, 6.07) is 3.02. The van der Waals surface area contributed by atoms with Gasteiger partial charge in [-0.2, -0.15) is 0 Å². The van der Waals surface area contributed by atoms with E-state index in [4.69, 9.17) is 14.2 Å². The van der Waals surface area contributed by atoms with E-state index in [1.165, 1.54) is 4.90 Å². The molecular formula is C35H43N5O10S. The smallest absolute Gasteiger partial charge is 0.405 e. The van der Waals surface area contributed by atoms with Gasteiger partial charge in [0.15, 0.2) is 11.5 Å². The minimum Gasteiger partial charge on any atom is -0.486 e. The first-order valence-electron chi connectivity index (χ1n) is 17.5. The standard InChI is InChI=1S/C35H43N5O10S/c1-19-5-3-4-6-21-17-35(21,33(43)39-51(46,47)23-7-8-23)38-30(41)26-16-22(18-40(26)32(42)28(20(2)15-19)37-34(44)45)50-31-25-9-10-27-29(49-14-13-48-27)24(25)11-12-36-31/h4,6,9-12,19-23,26,28,37H,3,5,7-8,13-18H2,1-2H3,(H,38,41)(H,39,43)(H,44,45)/t19-,20-,21-,22-,26+,28+,35-/m1/s1. The highest BCUT2D eigenvalue weighted by Gasteiger charge is 2.62. The van der Waals surface area contributed by atoms with Crippen LogP contribution in [0.4, 0.5) is 4.79 Å². The summed E-state index contributed by atoms with van der Waals surface area (Å²) in [6.45, 7) is 4.57. The van der Waals surface area contributed by atoms with Gasteiger partial charge >= 0.3 is 6.09 Å². The fraction of sp³-hybridized carbons (Fsp3) is 0.571. The van der Waals surface area contributed by atoms with E-state index in [1.807, 2.05) is 26.0 Å². The lowest BCUT2D eigenvalue weighted by Crippen LogP contribution is -2.59. The van der Waals surface area contributed by atoms with Crippen LogP contribution < -0.4 is 29.6 Å². The van der Waals surface area contributed by atoms with E-state index < -0.39 is 74.7 Å². The van der Waals surface area contributed by atoms with Gasteiger partial charge in [-0.15, -0.1) is 0 Å². The van der Waals surface area contributed by atoms with Gasteiger partial charge in [-0.25, -0.2) is 18.2 Å². The van der Waals surface area contributed by atoms with Crippen molar-refractivity contribution in [3.8, 4) is 17.4 Å². The molecule has 3 fully saturated rings. The third-order valence-corrected chi connectivity index (χ3v) is 12.4. The Morgan fingerprint density at radius 1 is 1.08 bits per heavy atom. The summed E-state index contributed by atoms with van der Waals surface area (Å²) >= 11 is 0. The van der Waals surface area contributed by atoms with Crippen molar-refractivity contribution in [3.05, 3.63) is 36.5 Å². The number of amides is 4. The highest BCUT2D eigenvalue weighted by atomic mass is 32.2. The number of carboxylic acid groups (broad SMARTS) is 1. The molecule has 7 rings (SSSR count). The summed E-state index contributed by atoms with van der Waals surface area (Å²) in [5, 5.41) is 15.7. The number of carbonyl (C=O) groups excluding carboxylic acids is 3. The number of ether oxygens (including phenoxy) is 3. The van der Waals surface area contributed by atoms with Crippen molar-refractivity contribution in [2.75, 3.05) is 19.8 Å². The number of hydrogen-bond donors (Lipinski definition) is 4. The highest BCUT2D eigenvalue weighted by Crippen LogP contribution is 2.46. The third-order valence-electron chi connectivity index (χ3n) is 10.6. The van der Waals surface area contributed by atoms with Crippen LogP contribution >= 0.6 is 0 Å². The fourth-order valence-electron chi connectivity index (χ4n) is 7.62. The molecule has 274 valence electrons. The van der Waals surface area contributed by atoms with Crippen molar-refractivity contribution < 1.29 is 46.9 Å². The Balaban J connectivity index is 1.21.